The molecule has 0 amide bonds. The summed E-state index contributed by atoms with van der Waals surface area (Å²) in [5.41, 5.74) is 8.47. The lowest BCUT2D eigenvalue weighted by molar-refractivity contribution is 0.432. The van der Waals surface area contributed by atoms with Crippen LogP contribution < -0.4 is 5.73 Å². The van der Waals surface area contributed by atoms with Crippen molar-refractivity contribution in [3.05, 3.63) is 35.3 Å². The maximum atomic E-state index is 13.3. The van der Waals surface area contributed by atoms with Gasteiger partial charge < -0.3 is 10.3 Å². The normalized spacial score (nSPS) is 10.9. The molecule has 0 spiro atoms. The third kappa shape index (κ3) is 2.05. The van der Waals surface area contributed by atoms with E-state index < -0.39 is 0 Å². The van der Waals surface area contributed by atoms with Crippen molar-refractivity contribution >= 4 is 16.5 Å². The number of aromatic nitrogens is 3. The Morgan fingerprint density at radius 3 is 2.75 bits per heavy atom. The van der Waals surface area contributed by atoms with Gasteiger partial charge in [0.15, 0.2) is 0 Å². The van der Waals surface area contributed by atoms with E-state index in [-0.39, 0.29) is 5.82 Å². The molecular weight excluding hydrogens is 279 g/mol. The highest BCUT2D eigenvalue weighted by molar-refractivity contribution is 7.10. The summed E-state index contributed by atoms with van der Waals surface area (Å²) in [6.07, 6.45) is 0. The first-order valence-electron chi connectivity index (χ1n) is 5.88. The summed E-state index contributed by atoms with van der Waals surface area (Å²) in [7, 11) is 0. The number of benzene rings is 1. The SMILES string of the molecule is Cc1cc(-c2noc(-c3c(C)nsc3N)n2)ccc1F. The number of hydrogen-bond donors (Lipinski definition) is 1. The predicted octanol–water partition coefficient (Wildman–Crippen LogP) is 3.20. The molecule has 0 bridgehead atoms. The van der Waals surface area contributed by atoms with Crippen LogP contribution in [0.1, 0.15) is 11.3 Å². The van der Waals surface area contributed by atoms with Crippen LogP contribution in [0, 0.1) is 19.7 Å². The zero-order chi connectivity index (χ0) is 14.3. The van der Waals surface area contributed by atoms with E-state index in [9.17, 15) is 4.39 Å². The maximum Gasteiger partial charge on any atom is 0.263 e. The van der Waals surface area contributed by atoms with Gasteiger partial charge in [-0.25, -0.2) is 4.39 Å². The maximum absolute atomic E-state index is 13.3. The molecule has 0 atom stereocenters. The molecule has 5 nitrogen and oxygen atoms in total. The summed E-state index contributed by atoms with van der Waals surface area (Å²) >= 11 is 1.19. The van der Waals surface area contributed by atoms with Crippen molar-refractivity contribution in [2.45, 2.75) is 13.8 Å². The van der Waals surface area contributed by atoms with E-state index in [1.54, 1.807) is 19.1 Å². The zero-order valence-corrected chi connectivity index (χ0v) is 11.7. The van der Waals surface area contributed by atoms with Gasteiger partial charge in [0.25, 0.3) is 5.89 Å². The number of nitrogens with zero attached hydrogens (tertiary/aromatic N) is 3. The van der Waals surface area contributed by atoms with E-state index in [1.807, 2.05) is 6.92 Å². The average Bonchev–Trinajstić information content (AvgIpc) is 3.00. The Balaban J connectivity index is 2.04. The molecule has 2 N–H and O–H groups in total. The summed E-state index contributed by atoms with van der Waals surface area (Å²) in [6, 6.07) is 4.66. The van der Waals surface area contributed by atoms with Gasteiger partial charge in [-0.15, -0.1) is 0 Å². The number of rotatable bonds is 2. The molecule has 0 unspecified atom stereocenters. The summed E-state index contributed by atoms with van der Waals surface area (Å²) in [5, 5.41) is 4.44. The molecule has 0 aliphatic rings. The van der Waals surface area contributed by atoms with Crippen LogP contribution in [0.25, 0.3) is 22.8 Å². The van der Waals surface area contributed by atoms with Gasteiger partial charge in [-0.2, -0.15) is 9.36 Å². The number of nitrogen functional groups attached to an aromatic ring is 1. The lowest BCUT2D eigenvalue weighted by Gasteiger charge is -1.98. The van der Waals surface area contributed by atoms with Crippen molar-refractivity contribution < 1.29 is 8.91 Å². The van der Waals surface area contributed by atoms with Gasteiger partial charge in [-0.3, -0.25) is 0 Å². The molecule has 2 heterocycles. The standard InChI is InChI=1S/C13H11FN4OS/c1-6-5-8(3-4-9(6)14)12-16-13(19-17-12)10-7(2)18-20-11(10)15/h3-5H,15H2,1-2H3. The minimum atomic E-state index is -0.264. The molecule has 1 aromatic carbocycles. The van der Waals surface area contributed by atoms with E-state index in [0.29, 0.717) is 33.4 Å². The van der Waals surface area contributed by atoms with Gasteiger partial charge in [0.1, 0.15) is 10.8 Å². The summed E-state index contributed by atoms with van der Waals surface area (Å²) in [5.74, 6) is 0.457. The third-order valence-electron chi connectivity index (χ3n) is 2.95. The highest BCUT2D eigenvalue weighted by Gasteiger charge is 2.18. The Bertz CT molecular complexity index is 761. The lowest BCUT2D eigenvalue weighted by Crippen LogP contribution is -1.88. The number of aryl methyl sites for hydroxylation is 2. The van der Waals surface area contributed by atoms with Crippen molar-refractivity contribution in [3.8, 4) is 22.8 Å². The summed E-state index contributed by atoms with van der Waals surface area (Å²) < 4.78 is 22.6. The van der Waals surface area contributed by atoms with Crippen molar-refractivity contribution in [2.24, 2.45) is 0 Å². The Morgan fingerprint density at radius 1 is 1.30 bits per heavy atom. The second kappa shape index (κ2) is 4.68. The minimum absolute atomic E-state index is 0.264. The van der Waals surface area contributed by atoms with Crippen LogP contribution in [0.3, 0.4) is 0 Å². The fourth-order valence-corrected chi connectivity index (χ4v) is 2.53. The highest BCUT2D eigenvalue weighted by Crippen LogP contribution is 2.32. The molecule has 2 aromatic heterocycles. The van der Waals surface area contributed by atoms with Crippen LogP contribution in [-0.4, -0.2) is 14.5 Å². The van der Waals surface area contributed by atoms with E-state index in [2.05, 4.69) is 14.5 Å². The quantitative estimate of drug-likeness (QED) is 0.784. The average molecular weight is 290 g/mol. The molecule has 0 aliphatic carbocycles. The van der Waals surface area contributed by atoms with Gasteiger partial charge in [0, 0.05) is 5.56 Å². The first-order valence-corrected chi connectivity index (χ1v) is 6.66. The first-order chi connectivity index (χ1) is 9.56. The van der Waals surface area contributed by atoms with E-state index in [4.69, 9.17) is 10.3 Å². The minimum Gasteiger partial charge on any atom is -0.389 e. The van der Waals surface area contributed by atoms with Crippen molar-refractivity contribution in [2.75, 3.05) is 5.73 Å². The molecule has 7 heteroatoms. The van der Waals surface area contributed by atoms with Gasteiger partial charge >= 0.3 is 0 Å². The van der Waals surface area contributed by atoms with Crippen LogP contribution in [0.4, 0.5) is 9.39 Å². The Labute approximate surface area is 118 Å². The topological polar surface area (TPSA) is 77.8 Å². The lowest BCUT2D eigenvalue weighted by atomic mass is 10.1. The molecule has 0 saturated heterocycles. The van der Waals surface area contributed by atoms with E-state index >= 15 is 0 Å². The van der Waals surface area contributed by atoms with Crippen LogP contribution in [0.5, 0.6) is 0 Å². The number of anilines is 1. The largest absolute Gasteiger partial charge is 0.389 e. The molecule has 0 radical (unpaired) electrons. The van der Waals surface area contributed by atoms with Crippen LogP contribution in [0.15, 0.2) is 22.7 Å². The highest BCUT2D eigenvalue weighted by atomic mass is 32.1. The second-order valence-electron chi connectivity index (χ2n) is 4.39. The fraction of sp³-hybridized carbons (Fsp3) is 0.154. The molecule has 3 rings (SSSR count). The third-order valence-corrected chi connectivity index (χ3v) is 3.71. The van der Waals surface area contributed by atoms with Gasteiger partial charge in [-0.1, -0.05) is 5.16 Å². The Kier molecular flexibility index (Phi) is 2.98. The van der Waals surface area contributed by atoms with Crippen LogP contribution in [-0.2, 0) is 0 Å². The number of nitrogens with two attached hydrogens (primary N) is 1. The first kappa shape index (κ1) is 12.7. The van der Waals surface area contributed by atoms with E-state index in [1.165, 1.54) is 17.6 Å². The molecule has 3 aromatic rings. The Hall–Kier alpha value is -2.28. The van der Waals surface area contributed by atoms with Crippen molar-refractivity contribution in [3.63, 3.8) is 0 Å². The monoisotopic (exact) mass is 290 g/mol. The zero-order valence-electron chi connectivity index (χ0n) is 10.8. The molecule has 0 saturated carbocycles. The van der Waals surface area contributed by atoms with Crippen LogP contribution >= 0.6 is 11.5 Å². The summed E-state index contributed by atoms with van der Waals surface area (Å²) in [4.78, 5) is 4.30. The fourth-order valence-electron chi connectivity index (χ4n) is 1.87. The van der Waals surface area contributed by atoms with Gasteiger partial charge in [-0.05, 0) is 49.1 Å². The molecule has 0 aliphatic heterocycles. The number of hydrogen-bond acceptors (Lipinski definition) is 6. The summed E-state index contributed by atoms with van der Waals surface area (Å²) in [6.45, 7) is 3.51. The molecule has 20 heavy (non-hydrogen) atoms. The molecular formula is C13H11FN4OS. The van der Waals surface area contributed by atoms with Crippen molar-refractivity contribution in [1.82, 2.24) is 14.5 Å². The number of halogens is 1. The molecule has 0 fully saturated rings. The second-order valence-corrected chi connectivity index (χ2v) is 5.20. The molecule has 102 valence electrons. The van der Waals surface area contributed by atoms with E-state index in [0.717, 1.165) is 5.69 Å². The van der Waals surface area contributed by atoms with Crippen LogP contribution in [0.2, 0.25) is 0 Å². The van der Waals surface area contributed by atoms with Gasteiger partial charge in [0.05, 0.1) is 11.3 Å². The smallest absolute Gasteiger partial charge is 0.263 e. The Morgan fingerprint density at radius 2 is 2.10 bits per heavy atom. The van der Waals surface area contributed by atoms with Crippen molar-refractivity contribution in [1.29, 1.82) is 0 Å². The predicted molar refractivity (Wildman–Crippen MR) is 74.7 cm³/mol. The van der Waals surface area contributed by atoms with Gasteiger partial charge in [0.2, 0.25) is 5.82 Å².